The summed E-state index contributed by atoms with van der Waals surface area (Å²) < 4.78 is 38.9. The van der Waals surface area contributed by atoms with Gasteiger partial charge in [-0.2, -0.15) is 0 Å². The molecule has 9 heteroatoms. The summed E-state index contributed by atoms with van der Waals surface area (Å²) in [6, 6.07) is 17.9. The zero-order valence-corrected chi connectivity index (χ0v) is 20.1. The van der Waals surface area contributed by atoms with Gasteiger partial charge >= 0.3 is 5.97 Å². The number of aryl methyl sites for hydroxylation is 2. The van der Waals surface area contributed by atoms with Gasteiger partial charge < -0.3 is 14.8 Å². The molecule has 0 saturated carbocycles. The third-order valence-electron chi connectivity index (χ3n) is 4.96. The fraction of sp³-hybridized carbons (Fsp3) is 0.200. The van der Waals surface area contributed by atoms with Gasteiger partial charge in [-0.15, -0.1) is 0 Å². The van der Waals surface area contributed by atoms with E-state index >= 15 is 0 Å². The molecule has 0 aliphatic heterocycles. The number of carbonyl (C=O) groups excluding carboxylic acids is 2. The van der Waals surface area contributed by atoms with E-state index < -0.39 is 28.0 Å². The van der Waals surface area contributed by atoms with Crippen LogP contribution in [0.25, 0.3) is 0 Å². The second kappa shape index (κ2) is 10.4. The van der Waals surface area contributed by atoms with Crippen LogP contribution in [-0.4, -0.2) is 33.5 Å². The summed E-state index contributed by atoms with van der Waals surface area (Å²) in [6.07, 6.45) is -1.11. The van der Waals surface area contributed by atoms with Gasteiger partial charge in [-0.25, -0.2) is 13.2 Å². The van der Waals surface area contributed by atoms with Crippen LogP contribution in [0.4, 0.5) is 11.4 Å². The van der Waals surface area contributed by atoms with Crippen molar-refractivity contribution in [3.63, 3.8) is 0 Å². The Labute approximate surface area is 199 Å². The number of methoxy groups -OCH3 is 1. The van der Waals surface area contributed by atoms with Crippen LogP contribution < -0.4 is 14.8 Å². The SMILES string of the molecule is COc1ccc(C(=O)OC(C)C(=O)Nc2ccc(C)cc2)cc1S(=O)(=O)Nc1ccc(C)cc1. The molecule has 0 saturated heterocycles. The summed E-state index contributed by atoms with van der Waals surface area (Å²) in [5.74, 6) is -1.30. The highest BCUT2D eigenvalue weighted by molar-refractivity contribution is 7.92. The molecule has 8 nitrogen and oxygen atoms in total. The Bertz CT molecular complexity index is 1290. The van der Waals surface area contributed by atoms with Crippen molar-refractivity contribution < 1.29 is 27.5 Å². The van der Waals surface area contributed by atoms with Crippen LogP contribution in [0, 0.1) is 13.8 Å². The zero-order valence-electron chi connectivity index (χ0n) is 19.3. The van der Waals surface area contributed by atoms with Gasteiger partial charge in [0.25, 0.3) is 15.9 Å². The Morgan fingerprint density at radius 1 is 0.853 bits per heavy atom. The summed E-state index contributed by atoms with van der Waals surface area (Å²) in [6.45, 7) is 5.25. The number of hydrogen-bond donors (Lipinski definition) is 2. The van der Waals surface area contributed by atoms with Crippen molar-refractivity contribution in [3.05, 3.63) is 83.4 Å². The van der Waals surface area contributed by atoms with Crippen molar-refractivity contribution >= 4 is 33.3 Å². The molecule has 3 aromatic rings. The molecule has 34 heavy (non-hydrogen) atoms. The molecule has 0 fully saturated rings. The normalized spacial score (nSPS) is 11.9. The molecule has 2 N–H and O–H groups in total. The van der Waals surface area contributed by atoms with Crippen LogP contribution in [0.15, 0.2) is 71.6 Å². The third kappa shape index (κ3) is 6.14. The van der Waals surface area contributed by atoms with Crippen LogP contribution in [-0.2, 0) is 19.6 Å². The van der Waals surface area contributed by atoms with Crippen molar-refractivity contribution in [2.24, 2.45) is 0 Å². The fourth-order valence-electron chi connectivity index (χ4n) is 3.01. The van der Waals surface area contributed by atoms with E-state index in [0.717, 1.165) is 17.2 Å². The number of anilines is 2. The first kappa shape index (κ1) is 24.8. The Kier molecular flexibility index (Phi) is 7.57. The summed E-state index contributed by atoms with van der Waals surface area (Å²) in [4.78, 5) is 24.8. The van der Waals surface area contributed by atoms with Crippen molar-refractivity contribution in [1.82, 2.24) is 0 Å². The molecule has 3 aromatic carbocycles. The minimum absolute atomic E-state index is 0.0416. The number of hydrogen-bond acceptors (Lipinski definition) is 6. The molecule has 0 heterocycles. The molecule has 0 spiro atoms. The Morgan fingerprint density at radius 2 is 1.41 bits per heavy atom. The lowest BCUT2D eigenvalue weighted by atomic mass is 10.2. The lowest BCUT2D eigenvalue weighted by Gasteiger charge is -2.15. The van der Waals surface area contributed by atoms with E-state index in [-0.39, 0.29) is 16.2 Å². The van der Waals surface area contributed by atoms with E-state index in [0.29, 0.717) is 11.4 Å². The quantitative estimate of drug-likeness (QED) is 0.463. The van der Waals surface area contributed by atoms with Crippen LogP contribution in [0.5, 0.6) is 5.75 Å². The average Bonchev–Trinajstić information content (AvgIpc) is 2.81. The van der Waals surface area contributed by atoms with Gasteiger partial charge in [0.15, 0.2) is 6.10 Å². The largest absolute Gasteiger partial charge is 0.495 e. The number of esters is 1. The van der Waals surface area contributed by atoms with Gasteiger partial charge in [-0.3, -0.25) is 9.52 Å². The fourth-order valence-corrected chi connectivity index (χ4v) is 4.26. The molecular weight excluding hydrogens is 456 g/mol. The smallest absolute Gasteiger partial charge is 0.338 e. The number of benzene rings is 3. The van der Waals surface area contributed by atoms with Crippen LogP contribution in [0.2, 0.25) is 0 Å². The number of nitrogens with one attached hydrogen (secondary N) is 2. The Hall–Kier alpha value is -3.85. The van der Waals surface area contributed by atoms with Crippen molar-refractivity contribution in [3.8, 4) is 5.75 Å². The van der Waals surface area contributed by atoms with Gasteiger partial charge in [-0.05, 0) is 63.2 Å². The number of rotatable bonds is 8. The molecule has 0 bridgehead atoms. The van der Waals surface area contributed by atoms with Gasteiger partial charge in [-0.1, -0.05) is 35.4 Å². The standard InChI is InChI=1S/C25H26N2O6S/c1-16-5-10-20(11-6-16)26-24(28)18(3)33-25(29)19-9-14-22(32-4)23(15-19)34(30,31)27-21-12-7-17(2)8-13-21/h5-15,18,27H,1-4H3,(H,26,28). The highest BCUT2D eigenvalue weighted by Gasteiger charge is 2.24. The van der Waals surface area contributed by atoms with Gasteiger partial charge in [0, 0.05) is 11.4 Å². The van der Waals surface area contributed by atoms with Crippen molar-refractivity contribution in [2.75, 3.05) is 17.1 Å². The highest BCUT2D eigenvalue weighted by Crippen LogP contribution is 2.27. The molecule has 1 amide bonds. The monoisotopic (exact) mass is 482 g/mol. The van der Waals surface area contributed by atoms with E-state index in [4.69, 9.17) is 9.47 Å². The average molecular weight is 483 g/mol. The minimum atomic E-state index is -4.08. The lowest BCUT2D eigenvalue weighted by molar-refractivity contribution is -0.123. The molecule has 1 unspecified atom stereocenters. The van der Waals surface area contributed by atoms with Crippen molar-refractivity contribution in [1.29, 1.82) is 0 Å². The topological polar surface area (TPSA) is 111 Å². The van der Waals surface area contributed by atoms with E-state index in [9.17, 15) is 18.0 Å². The summed E-state index contributed by atoms with van der Waals surface area (Å²) in [7, 11) is -2.75. The van der Waals surface area contributed by atoms with Crippen LogP contribution in [0.3, 0.4) is 0 Å². The van der Waals surface area contributed by atoms with E-state index in [1.165, 1.54) is 26.2 Å². The summed E-state index contributed by atoms with van der Waals surface area (Å²) >= 11 is 0. The number of carbonyl (C=O) groups is 2. The molecule has 0 radical (unpaired) electrons. The molecule has 178 valence electrons. The van der Waals surface area contributed by atoms with Gasteiger partial charge in [0.1, 0.15) is 10.6 Å². The summed E-state index contributed by atoms with van der Waals surface area (Å²) in [5.41, 5.74) is 2.91. The first-order valence-electron chi connectivity index (χ1n) is 10.4. The maximum atomic E-state index is 13.0. The van der Waals surface area contributed by atoms with Crippen molar-refractivity contribution in [2.45, 2.75) is 31.8 Å². The van der Waals surface area contributed by atoms with Gasteiger partial charge in [0.2, 0.25) is 0 Å². The maximum Gasteiger partial charge on any atom is 0.338 e. The highest BCUT2D eigenvalue weighted by atomic mass is 32.2. The van der Waals surface area contributed by atoms with Crippen LogP contribution >= 0.6 is 0 Å². The summed E-state index contributed by atoms with van der Waals surface area (Å²) in [5, 5.41) is 2.67. The molecule has 3 rings (SSSR count). The molecule has 0 aliphatic carbocycles. The molecule has 0 aromatic heterocycles. The predicted molar refractivity (Wildman–Crippen MR) is 130 cm³/mol. The molecular formula is C25H26N2O6S. The lowest BCUT2D eigenvalue weighted by Crippen LogP contribution is -2.30. The van der Waals surface area contributed by atoms with E-state index in [2.05, 4.69) is 10.0 Å². The first-order valence-corrected chi connectivity index (χ1v) is 11.9. The number of amides is 1. The number of ether oxygens (including phenoxy) is 2. The second-order valence-corrected chi connectivity index (χ2v) is 9.39. The molecule has 0 aliphatic rings. The molecule has 1 atom stereocenters. The van der Waals surface area contributed by atoms with Crippen LogP contribution in [0.1, 0.15) is 28.4 Å². The zero-order chi connectivity index (χ0) is 24.9. The van der Waals surface area contributed by atoms with Gasteiger partial charge in [0.05, 0.1) is 12.7 Å². The first-order chi connectivity index (χ1) is 16.1. The maximum absolute atomic E-state index is 13.0. The minimum Gasteiger partial charge on any atom is -0.495 e. The predicted octanol–water partition coefficient (Wildman–Crippen LogP) is 4.30. The Morgan fingerprint density at radius 3 is 1.97 bits per heavy atom. The van der Waals surface area contributed by atoms with E-state index in [1.807, 2.05) is 26.0 Å². The van der Waals surface area contributed by atoms with E-state index in [1.54, 1.807) is 36.4 Å². The third-order valence-corrected chi connectivity index (χ3v) is 6.37. The second-order valence-electron chi connectivity index (χ2n) is 7.74. The number of sulfonamides is 1. The Balaban J connectivity index is 1.77.